The van der Waals surface area contributed by atoms with Crippen molar-refractivity contribution in [2.45, 2.75) is 0 Å². The topological polar surface area (TPSA) is 268 Å². The molecule has 29 heavy (non-hydrogen) atoms. The molecule has 2 aromatic carbocycles. The molecule has 0 radical (unpaired) electrons. The number of hydrogen-bond donors (Lipinski definition) is 0. The van der Waals surface area contributed by atoms with Gasteiger partial charge in [0.25, 0.3) is 0 Å². The van der Waals surface area contributed by atoms with Crippen LogP contribution < -0.4 is 0 Å². The van der Waals surface area contributed by atoms with Crippen LogP contribution in [0.25, 0.3) is 10.8 Å². The number of benzene rings is 2. The molecule has 2 aromatic rings. The van der Waals surface area contributed by atoms with Crippen molar-refractivity contribution in [2.24, 2.45) is 0 Å². The molecule has 0 heterocycles. The SMILES string of the molecule is O=C(O[N+](=O)[O-])c1ccc2ccccc2c1.O=[N+]([O-])[O-].O=[N+]([O-])[O-].O=[N+]([O-])[O-].[Eu+3]. The van der Waals surface area contributed by atoms with Crippen LogP contribution >= 0.6 is 0 Å². The van der Waals surface area contributed by atoms with Crippen molar-refractivity contribution in [1.82, 2.24) is 0 Å². The molecule has 2 rings (SSSR count). The monoisotopic (exact) mass is 556 g/mol. The Morgan fingerprint density at radius 3 is 1.45 bits per heavy atom. The van der Waals surface area contributed by atoms with Gasteiger partial charge in [-0.3, -0.25) is 4.79 Å². The normalized spacial score (nSPS) is 8.00. The van der Waals surface area contributed by atoms with Crippen molar-refractivity contribution >= 4 is 16.7 Å². The van der Waals surface area contributed by atoms with Gasteiger partial charge < -0.3 is 46.0 Å². The Labute approximate surface area is 199 Å². The fraction of sp³-hybridized carbons (Fsp3) is 0. The fourth-order valence-electron chi connectivity index (χ4n) is 1.44. The van der Waals surface area contributed by atoms with Gasteiger partial charge in [-0.05, 0) is 22.9 Å². The van der Waals surface area contributed by atoms with E-state index in [0.717, 1.165) is 10.8 Å². The molecule has 0 fully saturated rings. The number of carbonyl (C=O) groups is 1. The molecule has 17 nitrogen and oxygen atoms in total. The van der Waals surface area contributed by atoms with Crippen LogP contribution in [0.5, 0.6) is 0 Å². The van der Waals surface area contributed by atoms with E-state index in [2.05, 4.69) is 4.84 Å². The van der Waals surface area contributed by atoms with Crippen LogP contribution in [-0.2, 0) is 4.84 Å². The maximum Gasteiger partial charge on any atom is 3.00 e. The smallest absolute Gasteiger partial charge is 0.356 e. The average molecular weight is 555 g/mol. The Morgan fingerprint density at radius 2 is 1.07 bits per heavy atom. The molecule has 0 N–H and O–H groups in total. The fourth-order valence-corrected chi connectivity index (χ4v) is 1.44. The Balaban J connectivity index is -0.000000434. The first-order valence-electron chi connectivity index (χ1n) is 6.16. The third-order valence-electron chi connectivity index (χ3n) is 2.14. The van der Waals surface area contributed by atoms with Crippen LogP contribution in [0.1, 0.15) is 10.4 Å². The van der Waals surface area contributed by atoms with Crippen LogP contribution in [-0.4, -0.2) is 26.3 Å². The van der Waals surface area contributed by atoms with E-state index >= 15 is 0 Å². The molecule has 0 amide bonds. The van der Waals surface area contributed by atoms with Crippen molar-refractivity contribution in [2.75, 3.05) is 0 Å². The van der Waals surface area contributed by atoms with Crippen molar-refractivity contribution in [3.8, 4) is 0 Å². The minimum Gasteiger partial charge on any atom is -0.356 e. The van der Waals surface area contributed by atoms with Gasteiger partial charge >= 0.3 is 60.4 Å². The van der Waals surface area contributed by atoms with E-state index < -0.39 is 26.3 Å². The minimum absolute atomic E-state index is 0. The van der Waals surface area contributed by atoms with Crippen LogP contribution in [0.4, 0.5) is 0 Å². The molecule has 0 aliphatic heterocycles. The van der Waals surface area contributed by atoms with Crippen molar-refractivity contribution in [3.63, 3.8) is 0 Å². The second kappa shape index (κ2) is 16.9. The van der Waals surface area contributed by atoms with Crippen LogP contribution in [0.3, 0.4) is 0 Å². The van der Waals surface area contributed by atoms with Crippen LogP contribution in [0, 0.1) is 105 Å². The Hall–Kier alpha value is -3.25. The van der Waals surface area contributed by atoms with Crippen LogP contribution in [0.2, 0.25) is 0 Å². The van der Waals surface area contributed by atoms with E-state index in [-0.39, 0.29) is 54.9 Å². The number of carbonyl (C=O) groups excluding carboxylic acids is 1. The van der Waals surface area contributed by atoms with Gasteiger partial charge in [-0.1, -0.05) is 30.3 Å². The summed E-state index contributed by atoms with van der Waals surface area (Å²) in [5, 5.41) is 54.9. The molecule has 0 saturated heterocycles. The number of hydrogen-bond acceptors (Lipinski definition) is 13. The van der Waals surface area contributed by atoms with Gasteiger partial charge in [0.1, 0.15) is 0 Å². The zero-order chi connectivity index (χ0) is 22.3. The van der Waals surface area contributed by atoms with E-state index in [1.807, 2.05) is 24.3 Å². The molecule has 0 aromatic heterocycles. The largest absolute Gasteiger partial charge is 3.00 e. The summed E-state index contributed by atoms with van der Waals surface area (Å²) in [6.45, 7) is 0. The van der Waals surface area contributed by atoms with E-state index in [1.54, 1.807) is 12.1 Å². The zero-order valence-corrected chi connectivity index (χ0v) is 15.9. The summed E-state index contributed by atoms with van der Waals surface area (Å²) in [5.41, 5.74) is 0.162. The van der Waals surface area contributed by atoms with Gasteiger partial charge in [0.2, 0.25) is 0 Å². The molecule has 0 saturated carbocycles. The number of rotatable bonds is 2. The summed E-state index contributed by atoms with van der Waals surface area (Å²) in [7, 11) is 0. The molecular formula is C11H7EuN4O13. The summed E-state index contributed by atoms with van der Waals surface area (Å²) in [5.74, 6) is -0.962. The van der Waals surface area contributed by atoms with E-state index in [0.29, 0.717) is 0 Å². The molecule has 0 bridgehead atoms. The molecule has 0 unspecified atom stereocenters. The van der Waals surface area contributed by atoms with Gasteiger partial charge in [-0.25, -0.2) is 4.84 Å². The number of nitrogens with zero attached hydrogens (tertiary/aromatic N) is 4. The maximum absolute atomic E-state index is 11.2. The molecule has 0 spiro atoms. The first kappa shape index (κ1) is 30.5. The second-order valence-corrected chi connectivity index (χ2v) is 3.84. The van der Waals surface area contributed by atoms with Crippen molar-refractivity contribution in [3.05, 3.63) is 104 Å². The summed E-state index contributed by atoms with van der Waals surface area (Å²) in [6.07, 6.45) is 0. The molecule has 156 valence electrons. The number of fused-ring (bicyclic) bond motifs is 1. The van der Waals surface area contributed by atoms with Gasteiger partial charge in [-0.2, -0.15) is 0 Å². The third-order valence-corrected chi connectivity index (χ3v) is 2.14. The maximum atomic E-state index is 11.2. The van der Waals surface area contributed by atoms with Gasteiger partial charge in [0.15, 0.2) is 0 Å². The van der Waals surface area contributed by atoms with Crippen molar-refractivity contribution in [1.29, 1.82) is 0 Å². The Kier molecular flexibility index (Phi) is 17.8. The summed E-state index contributed by atoms with van der Waals surface area (Å²) < 4.78 is 0. The summed E-state index contributed by atoms with van der Waals surface area (Å²) >= 11 is 0. The molecule has 18 heteroatoms. The van der Waals surface area contributed by atoms with Crippen molar-refractivity contribution < 1.29 is 79.4 Å². The van der Waals surface area contributed by atoms with E-state index in [4.69, 9.17) is 46.0 Å². The average Bonchev–Trinajstić information content (AvgIpc) is 2.52. The van der Waals surface area contributed by atoms with E-state index in [1.165, 1.54) is 6.07 Å². The third kappa shape index (κ3) is 20.9. The minimum atomic E-state index is -1.75. The zero-order valence-electron chi connectivity index (χ0n) is 13.5. The summed E-state index contributed by atoms with van der Waals surface area (Å²) in [6, 6.07) is 12.2. The van der Waals surface area contributed by atoms with Gasteiger partial charge in [0.05, 0.1) is 15.3 Å². The first-order chi connectivity index (χ1) is 12.9. The Morgan fingerprint density at radius 1 is 0.690 bits per heavy atom. The molecule has 0 atom stereocenters. The predicted molar refractivity (Wildman–Crippen MR) is 87.4 cm³/mol. The standard InChI is InChI=1S/C11H7NO4.Eu.3NO3/c13-11(16-12(14)15)10-6-5-8-3-1-2-4-9(8)7-10;;3*2-1(3)4/h1-7H;;;;/q;+3;3*-1. The second-order valence-electron chi connectivity index (χ2n) is 3.84. The molecular weight excluding hydrogens is 548 g/mol. The van der Waals surface area contributed by atoms with Gasteiger partial charge in [-0.15, -0.1) is 10.1 Å². The predicted octanol–water partition coefficient (Wildman–Crippen LogP) is 1.47. The molecule has 0 aliphatic rings. The molecule has 0 aliphatic carbocycles. The van der Waals surface area contributed by atoms with Gasteiger partial charge in [0, 0.05) is 5.56 Å². The Bertz CT molecular complexity index is 806. The van der Waals surface area contributed by atoms with Crippen LogP contribution in [0.15, 0.2) is 42.5 Å². The van der Waals surface area contributed by atoms with E-state index in [9.17, 15) is 14.9 Å². The summed E-state index contributed by atoms with van der Waals surface area (Å²) in [4.78, 5) is 49.9. The quantitative estimate of drug-likeness (QED) is 0.375. The first-order valence-corrected chi connectivity index (χ1v) is 6.16.